The molecule has 3 N–H and O–H groups in total. The van der Waals surface area contributed by atoms with E-state index in [9.17, 15) is 14.7 Å². The molecular weight excluding hydrogens is 520 g/mol. The Morgan fingerprint density at radius 1 is 0.732 bits per heavy atom. The van der Waals surface area contributed by atoms with Crippen molar-refractivity contribution in [3.05, 3.63) is 114 Å². The molecule has 0 aliphatic carbocycles. The molecular formula is C32H26N4O5. The fraction of sp³-hybridized carbons (Fsp3) is 0.0625. The number of amides is 2. The third-order valence-electron chi connectivity index (χ3n) is 6.32. The van der Waals surface area contributed by atoms with Crippen LogP contribution in [0.25, 0.3) is 10.8 Å². The van der Waals surface area contributed by atoms with Crippen LogP contribution in [0.4, 0.5) is 22.7 Å². The van der Waals surface area contributed by atoms with Crippen LogP contribution in [0.2, 0.25) is 0 Å². The molecule has 0 aliphatic rings. The van der Waals surface area contributed by atoms with E-state index >= 15 is 0 Å². The number of fused-ring (bicyclic) bond motifs is 1. The normalized spacial score (nSPS) is 10.9. The highest BCUT2D eigenvalue weighted by Gasteiger charge is 2.19. The quantitative estimate of drug-likeness (QED) is 0.174. The van der Waals surface area contributed by atoms with Crippen molar-refractivity contribution in [2.45, 2.75) is 0 Å². The van der Waals surface area contributed by atoms with Gasteiger partial charge in [0.2, 0.25) is 0 Å². The second kappa shape index (κ2) is 12.0. The second-order valence-corrected chi connectivity index (χ2v) is 8.93. The van der Waals surface area contributed by atoms with Crippen LogP contribution in [0.15, 0.2) is 113 Å². The van der Waals surface area contributed by atoms with Gasteiger partial charge in [0.05, 0.1) is 31.2 Å². The standard InChI is InChI=1S/C32H26N4O5/c1-40-24-16-14-22(15-17-24)33-32(39)26-19-20-8-3-4-11-25(20)29(30(26)37)36-35-23-10-7-9-21(18-23)31(38)34-27-12-5-6-13-28(27)41-2/h3-19,37H,1-2H3,(H,33,39)(H,34,38). The molecule has 9 heteroatoms. The number of carbonyl (C=O) groups is 2. The van der Waals surface area contributed by atoms with E-state index < -0.39 is 5.91 Å². The Morgan fingerprint density at radius 3 is 2.27 bits per heavy atom. The molecule has 0 spiro atoms. The SMILES string of the molecule is COc1ccc(NC(=O)c2cc3ccccc3c(N=Nc3cccc(C(=O)Nc4ccccc4OC)c3)c2O)cc1. The number of methoxy groups -OCH3 is 2. The highest BCUT2D eigenvalue weighted by molar-refractivity contribution is 6.11. The Morgan fingerprint density at radius 2 is 1.49 bits per heavy atom. The largest absolute Gasteiger partial charge is 0.505 e. The van der Waals surface area contributed by atoms with Gasteiger partial charge in [-0.25, -0.2) is 0 Å². The van der Waals surface area contributed by atoms with Crippen LogP contribution in [0.1, 0.15) is 20.7 Å². The number of phenols is 1. The van der Waals surface area contributed by atoms with Crippen molar-refractivity contribution in [2.24, 2.45) is 10.2 Å². The van der Waals surface area contributed by atoms with Gasteiger partial charge in [0.25, 0.3) is 11.8 Å². The summed E-state index contributed by atoms with van der Waals surface area (Å²) in [6.45, 7) is 0. The minimum Gasteiger partial charge on any atom is -0.505 e. The molecule has 9 nitrogen and oxygen atoms in total. The van der Waals surface area contributed by atoms with Gasteiger partial charge < -0.3 is 25.2 Å². The summed E-state index contributed by atoms with van der Waals surface area (Å²) >= 11 is 0. The molecule has 0 heterocycles. The van der Waals surface area contributed by atoms with Crippen LogP contribution in [0, 0.1) is 0 Å². The lowest BCUT2D eigenvalue weighted by molar-refractivity contribution is 0.101. The molecule has 0 atom stereocenters. The van der Waals surface area contributed by atoms with Gasteiger partial charge in [-0.3, -0.25) is 9.59 Å². The lowest BCUT2D eigenvalue weighted by Crippen LogP contribution is -2.12. The van der Waals surface area contributed by atoms with Crippen molar-refractivity contribution in [3.63, 3.8) is 0 Å². The smallest absolute Gasteiger partial charge is 0.259 e. The zero-order chi connectivity index (χ0) is 28.8. The van der Waals surface area contributed by atoms with Gasteiger partial charge in [0, 0.05) is 16.6 Å². The van der Waals surface area contributed by atoms with Crippen molar-refractivity contribution < 1.29 is 24.2 Å². The molecule has 0 unspecified atom stereocenters. The predicted octanol–water partition coefficient (Wildman–Crippen LogP) is 7.48. The highest BCUT2D eigenvalue weighted by Crippen LogP contribution is 2.39. The van der Waals surface area contributed by atoms with E-state index in [0.717, 1.165) is 0 Å². The van der Waals surface area contributed by atoms with E-state index in [4.69, 9.17) is 9.47 Å². The summed E-state index contributed by atoms with van der Waals surface area (Å²) in [6, 6.07) is 29.4. The van der Waals surface area contributed by atoms with Gasteiger partial charge in [-0.15, -0.1) is 5.11 Å². The number of carbonyl (C=O) groups excluding carboxylic acids is 2. The molecule has 5 rings (SSSR count). The molecule has 0 radical (unpaired) electrons. The number of para-hydroxylation sites is 2. The summed E-state index contributed by atoms with van der Waals surface area (Å²) in [6.07, 6.45) is 0. The summed E-state index contributed by atoms with van der Waals surface area (Å²) in [5.74, 6) is 0.0148. The fourth-order valence-electron chi connectivity index (χ4n) is 4.22. The lowest BCUT2D eigenvalue weighted by atomic mass is 10.0. The first-order valence-electron chi connectivity index (χ1n) is 12.6. The average molecular weight is 547 g/mol. The number of nitrogens with one attached hydrogen (secondary N) is 2. The van der Waals surface area contributed by atoms with Gasteiger partial charge in [-0.05, 0) is 66.0 Å². The van der Waals surface area contributed by atoms with Crippen LogP contribution in [-0.2, 0) is 0 Å². The number of rotatable bonds is 8. The van der Waals surface area contributed by atoms with E-state index in [0.29, 0.717) is 44.9 Å². The van der Waals surface area contributed by atoms with Crippen molar-refractivity contribution in [1.29, 1.82) is 0 Å². The Balaban J connectivity index is 1.44. The van der Waals surface area contributed by atoms with Crippen LogP contribution in [0.3, 0.4) is 0 Å². The highest BCUT2D eigenvalue weighted by atomic mass is 16.5. The number of benzene rings is 5. The minimum atomic E-state index is -0.509. The number of nitrogens with zero attached hydrogens (tertiary/aromatic N) is 2. The maximum absolute atomic E-state index is 13.1. The number of anilines is 2. The van der Waals surface area contributed by atoms with Crippen molar-refractivity contribution >= 4 is 45.3 Å². The van der Waals surface area contributed by atoms with Crippen LogP contribution >= 0.6 is 0 Å². The molecule has 0 fully saturated rings. The number of ether oxygens (including phenoxy) is 2. The van der Waals surface area contributed by atoms with E-state index in [1.165, 1.54) is 7.11 Å². The van der Waals surface area contributed by atoms with Crippen LogP contribution < -0.4 is 20.1 Å². The average Bonchev–Trinajstić information content (AvgIpc) is 3.01. The predicted molar refractivity (Wildman–Crippen MR) is 158 cm³/mol. The number of aromatic hydroxyl groups is 1. The number of azo groups is 1. The van der Waals surface area contributed by atoms with E-state index in [1.54, 1.807) is 92.0 Å². The topological polar surface area (TPSA) is 122 Å². The van der Waals surface area contributed by atoms with E-state index in [2.05, 4.69) is 20.9 Å². The summed E-state index contributed by atoms with van der Waals surface area (Å²) in [5.41, 5.74) is 1.98. The maximum atomic E-state index is 13.1. The van der Waals surface area contributed by atoms with Crippen molar-refractivity contribution in [2.75, 3.05) is 24.9 Å². The number of phenolic OH excluding ortho intramolecular Hbond substituents is 1. The van der Waals surface area contributed by atoms with Gasteiger partial charge >= 0.3 is 0 Å². The first-order chi connectivity index (χ1) is 20.0. The molecule has 0 aromatic heterocycles. The Kier molecular flexibility index (Phi) is 7.87. The van der Waals surface area contributed by atoms with Gasteiger partial charge in [0.15, 0.2) is 5.75 Å². The third kappa shape index (κ3) is 5.99. The van der Waals surface area contributed by atoms with Gasteiger partial charge in [-0.1, -0.05) is 42.5 Å². The Hall–Kier alpha value is -5.70. The molecule has 0 bridgehead atoms. The molecule has 0 saturated carbocycles. The summed E-state index contributed by atoms with van der Waals surface area (Å²) < 4.78 is 10.5. The molecule has 41 heavy (non-hydrogen) atoms. The molecule has 0 aliphatic heterocycles. The number of hydrogen-bond donors (Lipinski definition) is 3. The van der Waals surface area contributed by atoms with Crippen molar-refractivity contribution in [1.82, 2.24) is 0 Å². The summed E-state index contributed by atoms with van der Waals surface area (Å²) in [5, 5.41) is 26.7. The second-order valence-electron chi connectivity index (χ2n) is 8.93. The molecule has 5 aromatic carbocycles. The van der Waals surface area contributed by atoms with E-state index in [-0.39, 0.29) is 22.9 Å². The van der Waals surface area contributed by atoms with Gasteiger partial charge in [-0.2, -0.15) is 5.11 Å². The van der Waals surface area contributed by atoms with E-state index in [1.807, 2.05) is 18.2 Å². The van der Waals surface area contributed by atoms with Gasteiger partial charge in [0.1, 0.15) is 17.2 Å². The summed E-state index contributed by atoms with van der Waals surface area (Å²) in [4.78, 5) is 26.1. The molecule has 5 aromatic rings. The third-order valence-corrected chi connectivity index (χ3v) is 6.32. The Bertz CT molecular complexity index is 1770. The first kappa shape index (κ1) is 26.9. The lowest BCUT2D eigenvalue weighted by Gasteiger charge is -2.11. The van der Waals surface area contributed by atoms with Crippen molar-refractivity contribution in [3.8, 4) is 17.2 Å². The molecule has 2 amide bonds. The minimum absolute atomic E-state index is 0.0402. The zero-order valence-electron chi connectivity index (χ0n) is 22.3. The number of hydrogen-bond acceptors (Lipinski definition) is 7. The monoisotopic (exact) mass is 546 g/mol. The maximum Gasteiger partial charge on any atom is 0.259 e. The Labute approximate surface area is 236 Å². The molecule has 0 saturated heterocycles. The summed E-state index contributed by atoms with van der Waals surface area (Å²) in [7, 11) is 3.09. The molecule has 204 valence electrons. The fourth-order valence-corrected chi connectivity index (χ4v) is 4.22. The first-order valence-corrected chi connectivity index (χ1v) is 12.6. The van der Waals surface area contributed by atoms with Crippen LogP contribution in [0.5, 0.6) is 17.2 Å². The van der Waals surface area contributed by atoms with Crippen LogP contribution in [-0.4, -0.2) is 31.1 Å². The zero-order valence-corrected chi connectivity index (χ0v) is 22.3.